The first-order valence-electron chi connectivity index (χ1n) is 13.8. The summed E-state index contributed by atoms with van der Waals surface area (Å²) in [6.45, 7) is 1.34. The van der Waals surface area contributed by atoms with Crippen LogP contribution in [-0.4, -0.2) is 79.1 Å². The Morgan fingerprint density at radius 2 is 1.90 bits per heavy atom. The van der Waals surface area contributed by atoms with Crippen molar-refractivity contribution in [1.29, 1.82) is 0 Å². The SMILES string of the molecule is O=C(C1C[C@H]2COC[C@@H](C1)N2CC(F)(F)F)N1Cc2cccnc2Nc2ccc(N3CC4CCC3CO4)cc21. The van der Waals surface area contributed by atoms with Crippen molar-refractivity contribution in [3.63, 3.8) is 0 Å². The van der Waals surface area contributed by atoms with Crippen LogP contribution in [0.1, 0.15) is 31.2 Å². The Morgan fingerprint density at radius 3 is 2.59 bits per heavy atom. The molecule has 3 unspecified atom stereocenters. The monoisotopic (exact) mass is 543 g/mol. The van der Waals surface area contributed by atoms with Gasteiger partial charge in [0, 0.05) is 42.0 Å². The Bertz CT molecular complexity index is 1240. The highest BCUT2D eigenvalue weighted by atomic mass is 19.4. The summed E-state index contributed by atoms with van der Waals surface area (Å²) in [5.74, 6) is 0.263. The van der Waals surface area contributed by atoms with Gasteiger partial charge in [-0.15, -0.1) is 0 Å². The van der Waals surface area contributed by atoms with Crippen LogP contribution in [0.2, 0.25) is 0 Å². The number of carbonyl (C=O) groups excluding carboxylic acids is 1. The third-order valence-electron chi connectivity index (χ3n) is 8.91. The molecular formula is C28H32F3N5O3. The number of nitrogens with zero attached hydrogens (tertiary/aromatic N) is 4. The van der Waals surface area contributed by atoms with E-state index in [4.69, 9.17) is 9.47 Å². The van der Waals surface area contributed by atoms with Gasteiger partial charge in [0.15, 0.2) is 0 Å². The lowest BCUT2D eigenvalue weighted by Crippen LogP contribution is -2.60. The second-order valence-corrected chi connectivity index (χ2v) is 11.4. The van der Waals surface area contributed by atoms with Crippen LogP contribution in [0.5, 0.6) is 0 Å². The molecule has 4 bridgehead atoms. The van der Waals surface area contributed by atoms with E-state index in [1.807, 2.05) is 23.1 Å². The number of anilines is 4. The zero-order chi connectivity index (χ0) is 26.7. The van der Waals surface area contributed by atoms with Crippen molar-refractivity contribution in [1.82, 2.24) is 9.88 Å². The van der Waals surface area contributed by atoms with Crippen molar-refractivity contribution in [3.8, 4) is 0 Å². The lowest BCUT2D eigenvalue weighted by molar-refractivity contribution is -0.184. The molecule has 39 heavy (non-hydrogen) atoms. The first-order valence-corrected chi connectivity index (χ1v) is 13.8. The number of rotatable bonds is 3. The van der Waals surface area contributed by atoms with E-state index >= 15 is 0 Å². The van der Waals surface area contributed by atoms with Crippen molar-refractivity contribution in [3.05, 3.63) is 42.1 Å². The zero-order valence-corrected chi connectivity index (χ0v) is 21.6. The van der Waals surface area contributed by atoms with Crippen LogP contribution >= 0.6 is 0 Å². The van der Waals surface area contributed by atoms with E-state index in [9.17, 15) is 18.0 Å². The number of hydrogen-bond donors (Lipinski definition) is 1. The number of morpholine rings is 2. The van der Waals surface area contributed by atoms with Crippen LogP contribution in [0.25, 0.3) is 0 Å². The molecule has 5 fully saturated rings. The number of halogens is 3. The molecule has 5 saturated heterocycles. The van der Waals surface area contributed by atoms with E-state index in [0.29, 0.717) is 37.9 Å². The molecule has 7 heterocycles. The Morgan fingerprint density at radius 1 is 1.08 bits per heavy atom. The molecule has 2 aromatic rings. The van der Waals surface area contributed by atoms with Gasteiger partial charge in [-0.2, -0.15) is 13.2 Å². The van der Waals surface area contributed by atoms with Crippen molar-refractivity contribution >= 4 is 28.8 Å². The zero-order valence-electron chi connectivity index (χ0n) is 21.6. The van der Waals surface area contributed by atoms with Crippen molar-refractivity contribution in [2.24, 2.45) is 5.92 Å². The quantitative estimate of drug-likeness (QED) is 0.626. The van der Waals surface area contributed by atoms with Gasteiger partial charge in [0.25, 0.3) is 0 Å². The Balaban J connectivity index is 1.21. The van der Waals surface area contributed by atoms with Crippen LogP contribution in [0.3, 0.4) is 0 Å². The molecule has 1 amide bonds. The van der Waals surface area contributed by atoms with Crippen molar-refractivity contribution < 1.29 is 27.4 Å². The van der Waals surface area contributed by atoms with E-state index in [0.717, 1.165) is 42.0 Å². The minimum absolute atomic E-state index is 0.0565. The number of amides is 1. The highest BCUT2D eigenvalue weighted by molar-refractivity contribution is 6.00. The maximum absolute atomic E-state index is 14.3. The minimum Gasteiger partial charge on any atom is -0.378 e. The minimum atomic E-state index is -4.29. The second kappa shape index (κ2) is 9.64. The molecule has 0 saturated carbocycles. The normalized spacial score (nSPS) is 30.3. The highest BCUT2D eigenvalue weighted by Gasteiger charge is 2.47. The predicted molar refractivity (Wildman–Crippen MR) is 139 cm³/mol. The molecule has 1 aromatic carbocycles. The summed E-state index contributed by atoms with van der Waals surface area (Å²) in [6, 6.07) is 9.43. The van der Waals surface area contributed by atoms with Crippen LogP contribution in [0, 0.1) is 5.92 Å². The van der Waals surface area contributed by atoms with E-state index in [-0.39, 0.29) is 31.1 Å². The third-order valence-corrected chi connectivity index (χ3v) is 8.91. The van der Waals surface area contributed by atoms with Gasteiger partial charge in [-0.25, -0.2) is 4.98 Å². The number of fused-ring (bicyclic) bond motifs is 7. The average Bonchev–Trinajstić information content (AvgIpc) is 3.08. The van der Waals surface area contributed by atoms with Gasteiger partial charge in [-0.1, -0.05) is 6.07 Å². The third kappa shape index (κ3) is 4.74. The van der Waals surface area contributed by atoms with Gasteiger partial charge in [-0.05, 0) is 49.9 Å². The molecule has 8 rings (SSSR count). The lowest BCUT2D eigenvalue weighted by Gasteiger charge is -2.48. The molecule has 0 aliphatic carbocycles. The van der Waals surface area contributed by atoms with E-state index < -0.39 is 24.8 Å². The molecule has 8 nitrogen and oxygen atoms in total. The molecule has 0 spiro atoms. The lowest BCUT2D eigenvalue weighted by atomic mass is 9.83. The maximum atomic E-state index is 14.3. The molecule has 208 valence electrons. The number of aromatic nitrogens is 1. The number of carbonyl (C=O) groups is 1. The van der Waals surface area contributed by atoms with Gasteiger partial charge in [-0.3, -0.25) is 9.69 Å². The standard InChI is InChI=1S/C28H32F3N5O3/c29-28(30,31)16-36-21-8-18(9-22(36)14-38-13-21)27(37)35-11-17-2-1-7-32-26(17)33-24-6-4-19(10-25(24)35)34-12-23-5-3-20(34)15-39-23/h1-2,4,6-7,10,18,20-23H,3,5,8-9,11-16H2,(H,32,33)/t18?,20?,21-,22+,23?. The molecule has 11 heteroatoms. The summed E-state index contributed by atoms with van der Waals surface area (Å²) < 4.78 is 51.5. The van der Waals surface area contributed by atoms with Gasteiger partial charge in [0.1, 0.15) is 5.82 Å². The van der Waals surface area contributed by atoms with Crippen LogP contribution in [-0.2, 0) is 20.8 Å². The summed E-state index contributed by atoms with van der Waals surface area (Å²) in [5.41, 5.74) is 3.51. The molecule has 6 aliphatic heterocycles. The van der Waals surface area contributed by atoms with Gasteiger partial charge in [0.05, 0.1) is 56.4 Å². The van der Waals surface area contributed by atoms with Crippen LogP contribution in [0.4, 0.5) is 36.1 Å². The number of nitrogens with one attached hydrogen (secondary N) is 1. The Hall–Kier alpha value is -2.89. The molecule has 5 atom stereocenters. The van der Waals surface area contributed by atoms with Crippen molar-refractivity contribution in [2.45, 2.75) is 62.6 Å². The fourth-order valence-electron chi connectivity index (χ4n) is 7.03. The summed E-state index contributed by atoms with van der Waals surface area (Å²) in [5, 5.41) is 3.43. The molecule has 1 N–H and O–H groups in total. The summed E-state index contributed by atoms with van der Waals surface area (Å²) in [6.07, 6.45) is 0.500. The van der Waals surface area contributed by atoms with Gasteiger partial charge >= 0.3 is 6.18 Å². The fraction of sp³-hybridized carbons (Fsp3) is 0.571. The maximum Gasteiger partial charge on any atom is 0.401 e. The molecule has 1 aromatic heterocycles. The first kappa shape index (κ1) is 25.1. The van der Waals surface area contributed by atoms with Gasteiger partial charge < -0.3 is 24.6 Å². The molecule has 0 radical (unpaired) electrons. The number of ether oxygens (including phenoxy) is 2. The highest BCUT2D eigenvalue weighted by Crippen LogP contribution is 2.42. The van der Waals surface area contributed by atoms with E-state index in [1.54, 1.807) is 6.20 Å². The number of piperidine rings is 2. The Kier molecular flexibility index (Phi) is 6.20. The van der Waals surface area contributed by atoms with Gasteiger partial charge in [0.2, 0.25) is 5.91 Å². The van der Waals surface area contributed by atoms with Crippen LogP contribution in [0.15, 0.2) is 36.5 Å². The number of hydrogen-bond acceptors (Lipinski definition) is 7. The second-order valence-electron chi connectivity index (χ2n) is 11.4. The number of benzene rings is 1. The smallest absolute Gasteiger partial charge is 0.378 e. The predicted octanol–water partition coefficient (Wildman–Crippen LogP) is 4.08. The first-order chi connectivity index (χ1) is 18.8. The molecule has 6 aliphatic rings. The Labute approximate surface area is 225 Å². The fourth-order valence-corrected chi connectivity index (χ4v) is 7.03. The van der Waals surface area contributed by atoms with E-state index in [1.165, 1.54) is 4.90 Å². The average molecular weight is 544 g/mol. The van der Waals surface area contributed by atoms with E-state index in [2.05, 4.69) is 27.3 Å². The summed E-state index contributed by atoms with van der Waals surface area (Å²) in [7, 11) is 0. The topological polar surface area (TPSA) is 70.2 Å². The molecular weight excluding hydrogens is 511 g/mol. The summed E-state index contributed by atoms with van der Waals surface area (Å²) in [4.78, 5) is 24.5. The summed E-state index contributed by atoms with van der Waals surface area (Å²) >= 11 is 0. The van der Waals surface area contributed by atoms with Crippen molar-refractivity contribution in [2.75, 3.05) is 48.0 Å². The van der Waals surface area contributed by atoms with Crippen LogP contribution < -0.4 is 15.1 Å². The number of alkyl halides is 3. The number of pyridine rings is 1. The largest absolute Gasteiger partial charge is 0.401 e.